The van der Waals surface area contributed by atoms with Crippen LogP contribution >= 0.6 is 0 Å². The molecule has 2 aromatic carbocycles. The monoisotopic (exact) mass is 364 g/mol. The van der Waals surface area contributed by atoms with E-state index in [9.17, 15) is 0 Å². The van der Waals surface area contributed by atoms with Crippen molar-refractivity contribution in [2.75, 3.05) is 32.8 Å². The first-order valence-electron chi connectivity index (χ1n) is 9.94. The third-order valence-corrected chi connectivity index (χ3v) is 5.15. The molecule has 27 heavy (non-hydrogen) atoms. The Hall–Kier alpha value is -2.30. The molecule has 1 aromatic heterocycles. The van der Waals surface area contributed by atoms with Crippen LogP contribution in [0.4, 0.5) is 0 Å². The summed E-state index contributed by atoms with van der Waals surface area (Å²) in [7, 11) is 0. The normalized spacial score (nSPS) is 16.0. The summed E-state index contributed by atoms with van der Waals surface area (Å²) in [5.74, 6) is 2.09. The molecule has 4 rings (SSSR count). The molecule has 2 heterocycles. The molecular formula is C23H28N2O2. The molecule has 3 aromatic rings. The maximum atomic E-state index is 5.97. The second-order valence-electron chi connectivity index (χ2n) is 7.26. The SMILES string of the molecule is CCCOc1ccccc1CN1CCN(Cc2cc3ccccc3o2)CC1. The van der Waals surface area contributed by atoms with Crippen molar-refractivity contribution in [1.29, 1.82) is 0 Å². The molecule has 142 valence electrons. The van der Waals surface area contributed by atoms with Gasteiger partial charge in [0.15, 0.2) is 0 Å². The van der Waals surface area contributed by atoms with Gasteiger partial charge < -0.3 is 9.15 Å². The van der Waals surface area contributed by atoms with Gasteiger partial charge in [-0.3, -0.25) is 9.80 Å². The lowest BCUT2D eigenvalue weighted by Crippen LogP contribution is -2.45. The second-order valence-corrected chi connectivity index (χ2v) is 7.26. The van der Waals surface area contributed by atoms with Crippen LogP contribution in [0, 0.1) is 0 Å². The van der Waals surface area contributed by atoms with Gasteiger partial charge in [-0.15, -0.1) is 0 Å². The Bertz CT molecular complexity index is 832. The lowest BCUT2D eigenvalue weighted by atomic mass is 10.1. The summed E-state index contributed by atoms with van der Waals surface area (Å²) in [6.07, 6.45) is 1.04. The van der Waals surface area contributed by atoms with Gasteiger partial charge >= 0.3 is 0 Å². The zero-order valence-corrected chi connectivity index (χ0v) is 16.1. The molecule has 4 heteroatoms. The highest BCUT2D eigenvalue weighted by Crippen LogP contribution is 2.22. The van der Waals surface area contributed by atoms with Crippen molar-refractivity contribution in [3.63, 3.8) is 0 Å². The minimum atomic E-state index is 0.780. The van der Waals surface area contributed by atoms with Crippen molar-refractivity contribution >= 4 is 11.0 Å². The van der Waals surface area contributed by atoms with Gasteiger partial charge in [0, 0.05) is 43.7 Å². The zero-order chi connectivity index (χ0) is 18.5. The van der Waals surface area contributed by atoms with Gasteiger partial charge in [0.25, 0.3) is 0 Å². The molecule has 1 fully saturated rings. The first-order chi connectivity index (χ1) is 13.3. The summed E-state index contributed by atoms with van der Waals surface area (Å²) >= 11 is 0. The number of furan rings is 1. The van der Waals surface area contributed by atoms with Crippen molar-refractivity contribution in [2.45, 2.75) is 26.4 Å². The van der Waals surface area contributed by atoms with Crippen LogP contribution in [-0.2, 0) is 13.1 Å². The highest BCUT2D eigenvalue weighted by molar-refractivity contribution is 5.77. The van der Waals surface area contributed by atoms with Crippen LogP contribution in [0.1, 0.15) is 24.7 Å². The fraction of sp³-hybridized carbons (Fsp3) is 0.391. The Kier molecular flexibility index (Phi) is 5.75. The average Bonchev–Trinajstić information content (AvgIpc) is 3.11. The number of fused-ring (bicyclic) bond motifs is 1. The van der Waals surface area contributed by atoms with Crippen molar-refractivity contribution in [3.05, 3.63) is 65.9 Å². The molecule has 1 saturated heterocycles. The summed E-state index contributed by atoms with van der Waals surface area (Å²) in [5.41, 5.74) is 2.27. The predicted molar refractivity (Wildman–Crippen MR) is 109 cm³/mol. The number of piperazine rings is 1. The highest BCUT2D eigenvalue weighted by Gasteiger charge is 2.19. The third-order valence-electron chi connectivity index (χ3n) is 5.15. The molecule has 1 aliphatic heterocycles. The van der Waals surface area contributed by atoms with Crippen molar-refractivity contribution in [2.24, 2.45) is 0 Å². The maximum Gasteiger partial charge on any atom is 0.134 e. The Balaban J connectivity index is 1.31. The number of nitrogens with zero attached hydrogens (tertiary/aromatic N) is 2. The first-order valence-corrected chi connectivity index (χ1v) is 9.94. The number of para-hydroxylation sites is 2. The van der Waals surface area contributed by atoms with Gasteiger partial charge in [-0.1, -0.05) is 43.3 Å². The van der Waals surface area contributed by atoms with E-state index in [1.807, 2.05) is 12.1 Å². The molecule has 1 aliphatic rings. The summed E-state index contributed by atoms with van der Waals surface area (Å²) < 4.78 is 11.9. The van der Waals surface area contributed by atoms with E-state index in [0.717, 1.165) is 69.4 Å². The van der Waals surface area contributed by atoms with E-state index in [2.05, 4.69) is 59.2 Å². The van der Waals surface area contributed by atoms with Gasteiger partial charge in [-0.05, 0) is 24.6 Å². The Morgan fingerprint density at radius 3 is 2.37 bits per heavy atom. The van der Waals surface area contributed by atoms with E-state index in [4.69, 9.17) is 9.15 Å². The molecule has 0 spiro atoms. The number of ether oxygens (including phenoxy) is 1. The number of hydrogen-bond donors (Lipinski definition) is 0. The van der Waals surface area contributed by atoms with E-state index < -0.39 is 0 Å². The largest absolute Gasteiger partial charge is 0.493 e. The minimum Gasteiger partial charge on any atom is -0.493 e. The zero-order valence-electron chi connectivity index (χ0n) is 16.1. The van der Waals surface area contributed by atoms with Gasteiger partial charge in [-0.2, -0.15) is 0 Å². The highest BCUT2D eigenvalue weighted by atomic mass is 16.5. The van der Waals surface area contributed by atoms with E-state index in [0.29, 0.717) is 0 Å². The summed E-state index contributed by atoms with van der Waals surface area (Å²) in [6, 6.07) is 18.8. The number of hydrogen-bond acceptors (Lipinski definition) is 4. The van der Waals surface area contributed by atoms with Crippen molar-refractivity contribution < 1.29 is 9.15 Å². The van der Waals surface area contributed by atoms with Crippen molar-refractivity contribution in [1.82, 2.24) is 9.80 Å². The van der Waals surface area contributed by atoms with E-state index in [1.54, 1.807) is 0 Å². The molecule has 0 amide bonds. The fourth-order valence-corrected chi connectivity index (χ4v) is 3.67. The summed E-state index contributed by atoms with van der Waals surface area (Å²) in [4.78, 5) is 5.00. The van der Waals surface area contributed by atoms with E-state index in [-0.39, 0.29) is 0 Å². The van der Waals surface area contributed by atoms with Crippen LogP contribution in [0.5, 0.6) is 5.75 Å². The van der Waals surface area contributed by atoms with Crippen LogP contribution < -0.4 is 4.74 Å². The molecule has 0 aliphatic carbocycles. The van der Waals surface area contributed by atoms with Crippen LogP contribution in [0.2, 0.25) is 0 Å². The van der Waals surface area contributed by atoms with E-state index in [1.165, 1.54) is 10.9 Å². The predicted octanol–water partition coefficient (Wildman–Crippen LogP) is 4.54. The molecule has 4 nitrogen and oxygen atoms in total. The molecule has 0 radical (unpaired) electrons. The van der Waals surface area contributed by atoms with Gasteiger partial charge in [0.2, 0.25) is 0 Å². The molecule has 0 N–H and O–H groups in total. The van der Waals surface area contributed by atoms with Crippen LogP contribution in [-0.4, -0.2) is 42.6 Å². The molecule has 0 atom stereocenters. The fourth-order valence-electron chi connectivity index (χ4n) is 3.67. The summed E-state index contributed by atoms with van der Waals surface area (Å²) in [6.45, 7) is 9.04. The molecule has 0 saturated carbocycles. The molecule has 0 unspecified atom stereocenters. The number of rotatable bonds is 7. The molecular weight excluding hydrogens is 336 g/mol. The lowest BCUT2D eigenvalue weighted by Gasteiger charge is -2.34. The second kappa shape index (κ2) is 8.59. The average molecular weight is 364 g/mol. The van der Waals surface area contributed by atoms with E-state index >= 15 is 0 Å². The molecule has 0 bridgehead atoms. The Morgan fingerprint density at radius 1 is 0.889 bits per heavy atom. The van der Waals surface area contributed by atoms with Crippen LogP contribution in [0.25, 0.3) is 11.0 Å². The topological polar surface area (TPSA) is 28.9 Å². The summed E-state index contributed by atoms with van der Waals surface area (Å²) in [5, 5.41) is 1.19. The quantitative estimate of drug-likeness (QED) is 0.615. The Morgan fingerprint density at radius 2 is 1.59 bits per heavy atom. The third kappa shape index (κ3) is 4.52. The van der Waals surface area contributed by atoms with Crippen molar-refractivity contribution in [3.8, 4) is 5.75 Å². The van der Waals surface area contributed by atoms with Crippen LogP contribution in [0.3, 0.4) is 0 Å². The lowest BCUT2D eigenvalue weighted by molar-refractivity contribution is 0.115. The van der Waals surface area contributed by atoms with Gasteiger partial charge in [-0.25, -0.2) is 0 Å². The smallest absolute Gasteiger partial charge is 0.134 e. The maximum absolute atomic E-state index is 5.97. The Labute approximate surface area is 161 Å². The minimum absolute atomic E-state index is 0.780. The van der Waals surface area contributed by atoms with Gasteiger partial charge in [0.05, 0.1) is 13.2 Å². The van der Waals surface area contributed by atoms with Gasteiger partial charge in [0.1, 0.15) is 17.1 Å². The number of benzene rings is 2. The first kappa shape index (κ1) is 18.1. The standard InChI is InChI=1S/C23H28N2O2/c1-2-15-26-22-9-5-4-8-20(22)17-24-11-13-25(14-12-24)18-21-16-19-7-3-6-10-23(19)27-21/h3-10,16H,2,11-15,17-18H2,1H3. The van der Waals surface area contributed by atoms with Crippen LogP contribution in [0.15, 0.2) is 59.0 Å².